The Morgan fingerprint density at radius 2 is 1.76 bits per heavy atom. The molecule has 6 nitrogen and oxygen atoms in total. The van der Waals surface area contributed by atoms with E-state index in [0.29, 0.717) is 16.3 Å². The fourth-order valence-electron chi connectivity index (χ4n) is 2.97. The number of nitrogens with zero attached hydrogens (tertiary/aromatic N) is 1. The second-order valence-electron chi connectivity index (χ2n) is 6.48. The molecule has 25 heavy (non-hydrogen) atoms. The van der Waals surface area contributed by atoms with E-state index in [1.807, 2.05) is 0 Å². The molecule has 0 aromatic heterocycles. The van der Waals surface area contributed by atoms with Crippen LogP contribution in [0, 0.1) is 0 Å². The standard InChI is InChI=1S/C18H20ClNO5/c1-18(2)24-16(21)12(17(22)25-18)8-11-9-15(23-3)14(10-13(11)19)20-6-4-5-7-20/h8-10H,4-7H2,1-3H3. The summed E-state index contributed by atoms with van der Waals surface area (Å²) in [5.74, 6) is -2.11. The predicted octanol–water partition coefficient (Wildman–Crippen LogP) is 3.17. The zero-order valence-corrected chi connectivity index (χ0v) is 15.2. The minimum absolute atomic E-state index is 0.197. The van der Waals surface area contributed by atoms with Crippen LogP contribution in [0.4, 0.5) is 5.69 Å². The van der Waals surface area contributed by atoms with Crippen molar-refractivity contribution in [3.63, 3.8) is 0 Å². The van der Waals surface area contributed by atoms with Crippen LogP contribution in [0.25, 0.3) is 6.08 Å². The number of carbonyl (C=O) groups excluding carboxylic acids is 2. The van der Waals surface area contributed by atoms with Gasteiger partial charge in [0.1, 0.15) is 11.3 Å². The molecule has 0 aliphatic carbocycles. The number of cyclic esters (lactones) is 2. The minimum atomic E-state index is -1.27. The topological polar surface area (TPSA) is 65.1 Å². The Morgan fingerprint density at radius 3 is 2.32 bits per heavy atom. The lowest BCUT2D eigenvalue weighted by Gasteiger charge is -2.29. The highest BCUT2D eigenvalue weighted by Gasteiger charge is 2.39. The number of benzene rings is 1. The molecule has 0 radical (unpaired) electrons. The van der Waals surface area contributed by atoms with Gasteiger partial charge in [0, 0.05) is 26.9 Å². The van der Waals surface area contributed by atoms with Crippen molar-refractivity contribution in [2.75, 3.05) is 25.1 Å². The van der Waals surface area contributed by atoms with Crippen molar-refractivity contribution in [1.29, 1.82) is 0 Å². The third kappa shape index (κ3) is 3.58. The second kappa shape index (κ2) is 6.59. The molecule has 3 rings (SSSR count). The Labute approximate surface area is 151 Å². The van der Waals surface area contributed by atoms with Gasteiger partial charge in [0.2, 0.25) is 0 Å². The number of carbonyl (C=O) groups is 2. The Hall–Kier alpha value is -2.21. The van der Waals surface area contributed by atoms with E-state index in [1.165, 1.54) is 19.9 Å². The first-order chi connectivity index (χ1) is 11.8. The summed E-state index contributed by atoms with van der Waals surface area (Å²) in [4.78, 5) is 26.4. The van der Waals surface area contributed by atoms with E-state index in [1.54, 1.807) is 19.2 Å². The molecule has 0 atom stereocenters. The molecule has 2 saturated heterocycles. The van der Waals surface area contributed by atoms with Crippen LogP contribution in [0.15, 0.2) is 17.7 Å². The molecule has 2 aliphatic heterocycles. The van der Waals surface area contributed by atoms with Crippen LogP contribution < -0.4 is 9.64 Å². The highest BCUT2D eigenvalue weighted by molar-refractivity contribution is 6.33. The molecule has 2 heterocycles. The molecule has 0 saturated carbocycles. The molecule has 1 aromatic rings. The van der Waals surface area contributed by atoms with Crippen molar-refractivity contribution < 1.29 is 23.8 Å². The summed E-state index contributed by atoms with van der Waals surface area (Å²) in [6.45, 7) is 4.89. The van der Waals surface area contributed by atoms with Crippen molar-refractivity contribution in [3.05, 3.63) is 28.3 Å². The maximum atomic E-state index is 12.1. The molecule has 1 aromatic carbocycles. The number of esters is 2. The average Bonchev–Trinajstić information content (AvgIpc) is 3.05. The van der Waals surface area contributed by atoms with Gasteiger partial charge in [-0.3, -0.25) is 0 Å². The van der Waals surface area contributed by atoms with Gasteiger partial charge in [-0.15, -0.1) is 0 Å². The van der Waals surface area contributed by atoms with Crippen molar-refractivity contribution in [3.8, 4) is 5.75 Å². The zero-order chi connectivity index (χ0) is 18.2. The Kier molecular flexibility index (Phi) is 4.64. The minimum Gasteiger partial charge on any atom is -0.495 e. The summed E-state index contributed by atoms with van der Waals surface area (Å²) in [6, 6.07) is 3.50. The molecule has 0 spiro atoms. The molecule has 0 N–H and O–H groups in total. The van der Waals surface area contributed by atoms with E-state index in [9.17, 15) is 9.59 Å². The van der Waals surface area contributed by atoms with Crippen LogP contribution in [0.1, 0.15) is 32.3 Å². The largest absolute Gasteiger partial charge is 0.495 e. The molecule has 0 bridgehead atoms. The Balaban J connectivity index is 1.97. The number of ether oxygens (including phenoxy) is 3. The first-order valence-electron chi connectivity index (χ1n) is 8.11. The third-order valence-corrected chi connectivity index (χ3v) is 4.49. The van der Waals surface area contributed by atoms with E-state index in [2.05, 4.69) is 4.90 Å². The average molecular weight is 366 g/mol. The van der Waals surface area contributed by atoms with Crippen LogP contribution in [-0.2, 0) is 19.1 Å². The summed E-state index contributed by atoms with van der Waals surface area (Å²) in [7, 11) is 1.57. The smallest absolute Gasteiger partial charge is 0.348 e. The highest BCUT2D eigenvalue weighted by atomic mass is 35.5. The molecule has 2 fully saturated rings. The summed E-state index contributed by atoms with van der Waals surface area (Å²) in [5, 5.41) is 0.417. The van der Waals surface area contributed by atoms with Gasteiger partial charge < -0.3 is 19.1 Å². The summed E-state index contributed by atoms with van der Waals surface area (Å²) < 4.78 is 15.7. The number of methoxy groups -OCH3 is 1. The molecule has 0 amide bonds. The molecule has 2 aliphatic rings. The molecule has 0 unspecified atom stereocenters. The Bertz CT molecular complexity index is 728. The fourth-order valence-corrected chi connectivity index (χ4v) is 3.18. The van der Waals surface area contributed by atoms with Crippen molar-refractivity contribution in [2.24, 2.45) is 0 Å². The van der Waals surface area contributed by atoms with Crippen LogP contribution in [-0.4, -0.2) is 37.9 Å². The molecule has 7 heteroatoms. The van der Waals surface area contributed by atoms with Gasteiger partial charge in [0.15, 0.2) is 0 Å². The second-order valence-corrected chi connectivity index (χ2v) is 6.88. The van der Waals surface area contributed by atoms with E-state index >= 15 is 0 Å². The number of hydrogen-bond donors (Lipinski definition) is 0. The predicted molar refractivity (Wildman–Crippen MR) is 93.7 cm³/mol. The van der Waals surface area contributed by atoms with Crippen molar-refractivity contribution in [1.82, 2.24) is 0 Å². The van der Waals surface area contributed by atoms with E-state index in [-0.39, 0.29) is 5.57 Å². The summed E-state index contributed by atoms with van der Waals surface area (Å²) >= 11 is 6.38. The maximum Gasteiger partial charge on any atom is 0.348 e. The van der Waals surface area contributed by atoms with Crippen LogP contribution in [0.5, 0.6) is 5.75 Å². The number of halogens is 1. The van der Waals surface area contributed by atoms with Crippen LogP contribution in [0.2, 0.25) is 5.02 Å². The Morgan fingerprint density at radius 1 is 1.16 bits per heavy atom. The first kappa shape index (κ1) is 17.6. The lowest BCUT2D eigenvalue weighted by Crippen LogP contribution is -2.41. The number of anilines is 1. The lowest BCUT2D eigenvalue weighted by atomic mass is 10.1. The van der Waals surface area contributed by atoms with Gasteiger partial charge in [-0.2, -0.15) is 0 Å². The van der Waals surface area contributed by atoms with Gasteiger partial charge in [0.25, 0.3) is 5.79 Å². The SMILES string of the molecule is COc1cc(C=C2C(=O)OC(C)(C)OC2=O)c(Cl)cc1N1CCCC1. The van der Waals surface area contributed by atoms with Gasteiger partial charge >= 0.3 is 11.9 Å². The van der Waals surface area contributed by atoms with Crippen LogP contribution in [0.3, 0.4) is 0 Å². The van der Waals surface area contributed by atoms with Gasteiger partial charge in [-0.25, -0.2) is 9.59 Å². The number of hydrogen-bond acceptors (Lipinski definition) is 6. The zero-order valence-electron chi connectivity index (χ0n) is 14.4. The van der Waals surface area contributed by atoms with Gasteiger partial charge in [-0.05, 0) is 36.6 Å². The van der Waals surface area contributed by atoms with Gasteiger partial charge in [-0.1, -0.05) is 11.6 Å². The summed E-state index contributed by atoms with van der Waals surface area (Å²) in [5.41, 5.74) is 1.20. The van der Waals surface area contributed by atoms with Crippen LogP contribution >= 0.6 is 11.6 Å². The summed E-state index contributed by atoms with van der Waals surface area (Å²) in [6.07, 6.45) is 3.62. The maximum absolute atomic E-state index is 12.1. The first-order valence-corrected chi connectivity index (χ1v) is 8.49. The quantitative estimate of drug-likeness (QED) is 0.465. The lowest BCUT2D eigenvalue weighted by molar-refractivity contribution is -0.222. The number of rotatable bonds is 3. The van der Waals surface area contributed by atoms with Crippen molar-refractivity contribution >= 4 is 35.3 Å². The monoisotopic (exact) mass is 365 g/mol. The van der Waals surface area contributed by atoms with E-state index in [0.717, 1.165) is 31.6 Å². The van der Waals surface area contributed by atoms with Gasteiger partial charge in [0.05, 0.1) is 17.8 Å². The van der Waals surface area contributed by atoms with Crippen molar-refractivity contribution in [2.45, 2.75) is 32.5 Å². The highest BCUT2D eigenvalue weighted by Crippen LogP contribution is 2.37. The third-order valence-electron chi connectivity index (χ3n) is 4.16. The molecular weight excluding hydrogens is 346 g/mol. The fraction of sp³-hybridized carbons (Fsp3) is 0.444. The molecule has 134 valence electrons. The van der Waals surface area contributed by atoms with E-state index < -0.39 is 17.7 Å². The normalized spacial score (nSPS) is 19.5. The van der Waals surface area contributed by atoms with E-state index in [4.69, 9.17) is 25.8 Å². The molecular formula is C18H20ClNO5.